The summed E-state index contributed by atoms with van der Waals surface area (Å²) in [4.78, 5) is 9.09. The molecule has 7 nitrogen and oxygen atoms in total. The number of hydrogen-bond donors (Lipinski definition) is 3. The Balaban J connectivity index is 0.00000338. The van der Waals surface area contributed by atoms with Crippen LogP contribution in [0.1, 0.15) is 33.5 Å². The molecule has 1 heterocycles. The fraction of sp³-hybridized carbons (Fsp3) is 0.500. The Labute approximate surface area is 172 Å². The number of ether oxygens (including phenoxy) is 1. The zero-order valence-electron chi connectivity index (χ0n) is 16.0. The summed E-state index contributed by atoms with van der Waals surface area (Å²) in [6.07, 6.45) is 0. The van der Waals surface area contributed by atoms with Gasteiger partial charge in [-0.25, -0.2) is 9.98 Å². The molecule has 0 bridgehead atoms. The van der Waals surface area contributed by atoms with Crippen LogP contribution >= 0.6 is 24.0 Å². The van der Waals surface area contributed by atoms with Gasteiger partial charge in [-0.1, -0.05) is 13.8 Å². The molecule has 8 heteroatoms. The number of guanidine groups is 1. The molecular formula is C18H29IN6O. The molecule has 2 aromatic rings. The van der Waals surface area contributed by atoms with Crippen molar-refractivity contribution in [1.29, 1.82) is 0 Å². The van der Waals surface area contributed by atoms with E-state index in [1.165, 1.54) is 0 Å². The number of nitrogens with one attached hydrogen (secondary N) is 3. The first-order valence-corrected chi connectivity index (χ1v) is 8.64. The summed E-state index contributed by atoms with van der Waals surface area (Å²) in [6, 6.07) is 7.99. The van der Waals surface area contributed by atoms with Gasteiger partial charge in [0.15, 0.2) is 11.8 Å². The second-order valence-electron chi connectivity index (χ2n) is 6.21. The van der Waals surface area contributed by atoms with E-state index in [-0.39, 0.29) is 24.0 Å². The van der Waals surface area contributed by atoms with Crippen LogP contribution in [-0.2, 0) is 6.54 Å². The standard InChI is InChI=1S/C18H28N6O.HI/c1-6-19-18(21-13(4)12(2)3)20-11-16-22-17(24-23-16)14-7-9-15(25-5)10-8-14;/h7-10,12-13H,6,11H2,1-5H3,(H2,19,20,21)(H,22,23,24);1H. The van der Waals surface area contributed by atoms with Gasteiger partial charge in [0.25, 0.3) is 0 Å². The topological polar surface area (TPSA) is 87.2 Å². The van der Waals surface area contributed by atoms with Crippen molar-refractivity contribution in [2.75, 3.05) is 13.7 Å². The molecule has 0 aliphatic rings. The minimum absolute atomic E-state index is 0. The normalized spacial score (nSPS) is 12.5. The number of aliphatic imine (C=N–C) groups is 1. The molecule has 0 aliphatic carbocycles. The number of benzene rings is 1. The number of aromatic nitrogens is 3. The number of methoxy groups -OCH3 is 1. The molecule has 0 saturated heterocycles. The number of nitrogens with zero attached hydrogens (tertiary/aromatic N) is 3. The van der Waals surface area contributed by atoms with Crippen molar-refractivity contribution in [3.05, 3.63) is 30.1 Å². The molecular weight excluding hydrogens is 443 g/mol. The van der Waals surface area contributed by atoms with E-state index in [1.54, 1.807) is 7.11 Å². The van der Waals surface area contributed by atoms with E-state index in [0.717, 1.165) is 29.6 Å². The van der Waals surface area contributed by atoms with Crippen molar-refractivity contribution in [2.24, 2.45) is 10.9 Å². The Morgan fingerprint density at radius 1 is 1.23 bits per heavy atom. The molecule has 0 amide bonds. The maximum Gasteiger partial charge on any atom is 0.191 e. The number of rotatable bonds is 7. The van der Waals surface area contributed by atoms with E-state index in [2.05, 4.69) is 51.6 Å². The van der Waals surface area contributed by atoms with Gasteiger partial charge in [-0.3, -0.25) is 5.10 Å². The largest absolute Gasteiger partial charge is 0.497 e. The zero-order valence-corrected chi connectivity index (χ0v) is 18.4. The van der Waals surface area contributed by atoms with E-state index in [1.807, 2.05) is 31.2 Å². The van der Waals surface area contributed by atoms with E-state index in [4.69, 9.17) is 4.74 Å². The molecule has 0 saturated carbocycles. The van der Waals surface area contributed by atoms with Crippen LogP contribution in [0.5, 0.6) is 5.75 Å². The third-order valence-electron chi connectivity index (χ3n) is 3.98. The summed E-state index contributed by atoms with van der Waals surface area (Å²) in [5.41, 5.74) is 0.936. The Morgan fingerprint density at radius 2 is 1.92 bits per heavy atom. The van der Waals surface area contributed by atoms with E-state index >= 15 is 0 Å². The lowest BCUT2D eigenvalue weighted by Crippen LogP contribution is -2.44. The highest BCUT2D eigenvalue weighted by Gasteiger charge is 2.10. The molecule has 0 fully saturated rings. The lowest BCUT2D eigenvalue weighted by molar-refractivity contribution is 0.415. The van der Waals surface area contributed by atoms with Gasteiger partial charge < -0.3 is 15.4 Å². The van der Waals surface area contributed by atoms with Crippen molar-refractivity contribution < 1.29 is 4.74 Å². The third-order valence-corrected chi connectivity index (χ3v) is 3.98. The third kappa shape index (κ3) is 6.47. The fourth-order valence-corrected chi connectivity index (χ4v) is 2.09. The Bertz CT molecular complexity index is 683. The summed E-state index contributed by atoms with van der Waals surface area (Å²) < 4.78 is 5.17. The van der Waals surface area contributed by atoms with Gasteiger partial charge in [-0.2, -0.15) is 5.10 Å². The van der Waals surface area contributed by atoms with Crippen LogP contribution in [0.3, 0.4) is 0 Å². The molecule has 3 N–H and O–H groups in total. The van der Waals surface area contributed by atoms with Gasteiger partial charge in [0.05, 0.1) is 7.11 Å². The van der Waals surface area contributed by atoms with E-state index < -0.39 is 0 Å². The fourth-order valence-electron chi connectivity index (χ4n) is 2.09. The highest BCUT2D eigenvalue weighted by Crippen LogP contribution is 2.19. The van der Waals surface area contributed by atoms with Gasteiger partial charge in [0.1, 0.15) is 18.1 Å². The van der Waals surface area contributed by atoms with Gasteiger partial charge >= 0.3 is 0 Å². The van der Waals surface area contributed by atoms with Crippen molar-refractivity contribution >= 4 is 29.9 Å². The van der Waals surface area contributed by atoms with Crippen LogP contribution in [0.4, 0.5) is 0 Å². The SMILES string of the molecule is CCNC(=NCc1nc(-c2ccc(OC)cc2)n[nH]1)NC(C)C(C)C.I. The molecule has 0 spiro atoms. The van der Waals surface area contributed by atoms with Crippen LogP contribution in [0, 0.1) is 5.92 Å². The van der Waals surface area contributed by atoms with E-state index in [0.29, 0.717) is 24.3 Å². The monoisotopic (exact) mass is 472 g/mol. The summed E-state index contributed by atoms with van der Waals surface area (Å²) in [5, 5.41) is 13.9. The lowest BCUT2D eigenvalue weighted by Gasteiger charge is -2.20. The zero-order chi connectivity index (χ0) is 18.2. The molecule has 144 valence electrons. The predicted octanol–water partition coefficient (Wildman–Crippen LogP) is 3.20. The Hall–Kier alpha value is -1.84. The Kier molecular flexibility index (Phi) is 9.39. The number of aromatic amines is 1. The molecule has 2 rings (SSSR count). The maximum atomic E-state index is 5.17. The van der Waals surface area contributed by atoms with Crippen molar-refractivity contribution in [1.82, 2.24) is 25.8 Å². The summed E-state index contributed by atoms with van der Waals surface area (Å²) >= 11 is 0. The first-order valence-electron chi connectivity index (χ1n) is 8.64. The molecule has 0 aliphatic heterocycles. The second kappa shape index (κ2) is 11.0. The van der Waals surface area contributed by atoms with Gasteiger partial charge in [0.2, 0.25) is 0 Å². The first-order chi connectivity index (χ1) is 12.0. The molecule has 0 radical (unpaired) electrons. The van der Waals surface area contributed by atoms with Crippen molar-refractivity contribution in [3.63, 3.8) is 0 Å². The summed E-state index contributed by atoms with van der Waals surface area (Å²) in [5.74, 6) is 3.49. The van der Waals surface area contributed by atoms with Crippen molar-refractivity contribution in [3.8, 4) is 17.1 Å². The van der Waals surface area contributed by atoms with Gasteiger partial charge in [-0.15, -0.1) is 24.0 Å². The van der Waals surface area contributed by atoms with Gasteiger partial charge in [-0.05, 0) is 44.0 Å². The van der Waals surface area contributed by atoms with Crippen LogP contribution in [0.25, 0.3) is 11.4 Å². The van der Waals surface area contributed by atoms with Crippen LogP contribution in [0.2, 0.25) is 0 Å². The minimum atomic E-state index is 0. The molecule has 1 aromatic carbocycles. The number of H-pyrrole nitrogens is 1. The minimum Gasteiger partial charge on any atom is -0.497 e. The molecule has 1 aromatic heterocycles. The molecule has 1 unspecified atom stereocenters. The Morgan fingerprint density at radius 3 is 2.50 bits per heavy atom. The smallest absolute Gasteiger partial charge is 0.191 e. The lowest BCUT2D eigenvalue weighted by atomic mass is 10.1. The first kappa shape index (κ1) is 22.2. The van der Waals surface area contributed by atoms with Crippen LogP contribution in [-0.4, -0.2) is 40.8 Å². The van der Waals surface area contributed by atoms with Gasteiger partial charge in [0, 0.05) is 18.2 Å². The summed E-state index contributed by atoms with van der Waals surface area (Å²) in [6.45, 7) is 9.80. The highest BCUT2D eigenvalue weighted by atomic mass is 127. The number of hydrogen-bond acceptors (Lipinski definition) is 4. The van der Waals surface area contributed by atoms with Crippen LogP contribution < -0.4 is 15.4 Å². The molecule has 26 heavy (non-hydrogen) atoms. The average molecular weight is 472 g/mol. The average Bonchev–Trinajstić information content (AvgIpc) is 3.08. The quantitative estimate of drug-likeness (QED) is 0.327. The highest BCUT2D eigenvalue weighted by molar-refractivity contribution is 14.0. The second-order valence-corrected chi connectivity index (χ2v) is 6.21. The summed E-state index contributed by atoms with van der Waals surface area (Å²) in [7, 11) is 1.65. The number of halogens is 1. The van der Waals surface area contributed by atoms with Crippen molar-refractivity contribution in [2.45, 2.75) is 40.3 Å². The maximum absolute atomic E-state index is 5.17. The predicted molar refractivity (Wildman–Crippen MR) is 116 cm³/mol. The van der Waals surface area contributed by atoms with E-state index in [9.17, 15) is 0 Å². The molecule has 1 atom stereocenters. The van der Waals surface area contributed by atoms with Crippen LogP contribution in [0.15, 0.2) is 29.3 Å².